The second-order valence-electron chi connectivity index (χ2n) is 16.8. The summed E-state index contributed by atoms with van der Waals surface area (Å²) in [6.07, 6.45) is 18.3. The molecule has 4 heterocycles. The van der Waals surface area contributed by atoms with Crippen LogP contribution in [0.1, 0.15) is 141 Å². The van der Waals surface area contributed by atoms with E-state index in [1.165, 1.54) is 51.5 Å². The third-order valence-corrected chi connectivity index (χ3v) is 13.9. The molecular formula is C46H56N4O2. The third kappa shape index (κ3) is 6.89. The molecule has 4 fully saturated rings. The quantitative estimate of drug-likeness (QED) is 0.197. The number of hydrogen-bond donors (Lipinski definition) is 2. The summed E-state index contributed by atoms with van der Waals surface area (Å²) in [6, 6.07) is 29.0. The van der Waals surface area contributed by atoms with Gasteiger partial charge >= 0.3 is 0 Å². The minimum absolute atomic E-state index is 0.0702. The van der Waals surface area contributed by atoms with E-state index in [0.717, 1.165) is 62.1 Å². The van der Waals surface area contributed by atoms with Crippen molar-refractivity contribution in [1.82, 2.24) is 20.4 Å². The highest BCUT2D eigenvalue weighted by molar-refractivity contribution is 5.82. The average molecular weight is 697 g/mol. The largest absolute Gasteiger partial charge is 0.353 e. The van der Waals surface area contributed by atoms with Crippen LogP contribution in [-0.4, -0.2) is 46.8 Å². The van der Waals surface area contributed by atoms with E-state index in [4.69, 9.17) is 0 Å². The molecule has 9 rings (SSSR count). The van der Waals surface area contributed by atoms with E-state index in [1.54, 1.807) is 27.8 Å². The maximum Gasteiger partial charge on any atom is 0.224 e. The zero-order chi connectivity index (χ0) is 35.0. The minimum atomic E-state index is 0.0702. The average Bonchev–Trinajstić information content (AvgIpc) is 3.93. The number of amides is 2. The molecule has 0 aromatic heterocycles. The first kappa shape index (κ1) is 34.1. The van der Waals surface area contributed by atoms with Crippen LogP contribution in [0, 0.1) is 5.92 Å². The lowest BCUT2D eigenvalue weighted by molar-refractivity contribution is -0.122. The number of carbonyl (C=O) groups is 2. The molecule has 0 unspecified atom stereocenters. The van der Waals surface area contributed by atoms with E-state index < -0.39 is 0 Å². The van der Waals surface area contributed by atoms with Gasteiger partial charge < -0.3 is 10.6 Å². The first-order chi connectivity index (χ1) is 25.6. The number of nitrogens with one attached hydrogen (secondary N) is 2. The lowest BCUT2D eigenvalue weighted by Gasteiger charge is -2.31. The van der Waals surface area contributed by atoms with Gasteiger partial charge in [0.25, 0.3) is 0 Å². The normalized spacial score (nSPS) is 29.2. The summed E-state index contributed by atoms with van der Waals surface area (Å²) in [5, 5.41) is 6.69. The number of hydrogen-bond acceptors (Lipinski definition) is 4. The Morgan fingerprint density at radius 3 is 1.50 bits per heavy atom. The van der Waals surface area contributed by atoms with Crippen LogP contribution in [-0.2, 0) is 22.4 Å². The number of carbonyl (C=O) groups excluding carboxylic acids is 2. The molecule has 6 aliphatic rings. The fraction of sp³-hybridized carbons (Fsp3) is 0.522. The molecule has 0 spiro atoms. The van der Waals surface area contributed by atoms with Crippen molar-refractivity contribution in [3.63, 3.8) is 0 Å². The summed E-state index contributed by atoms with van der Waals surface area (Å²) in [7, 11) is 0. The fourth-order valence-electron chi connectivity index (χ4n) is 11.2. The molecule has 4 bridgehead atoms. The van der Waals surface area contributed by atoms with Gasteiger partial charge in [-0.1, -0.05) is 84.4 Å². The van der Waals surface area contributed by atoms with E-state index in [9.17, 15) is 9.59 Å². The van der Waals surface area contributed by atoms with Gasteiger partial charge in [-0.3, -0.25) is 19.4 Å². The molecule has 2 amide bonds. The number of fused-ring (bicyclic) bond motifs is 10. The van der Waals surface area contributed by atoms with Gasteiger partial charge in [-0.05, 0) is 129 Å². The van der Waals surface area contributed by atoms with Gasteiger partial charge in [0.2, 0.25) is 11.8 Å². The first-order valence-electron chi connectivity index (χ1n) is 20.6. The lowest BCUT2D eigenvalue weighted by atomic mass is 9.84. The Balaban J connectivity index is 0.693. The fourth-order valence-corrected chi connectivity index (χ4v) is 11.2. The lowest BCUT2D eigenvalue weighted by Crippen LogP contribution is -2.39. The molecule has 3 aromatic rings. The molecule has 6 nitrogen and oxygen atoms in total. The van der Waals surface area contributed by atoms with Crippen molar-refractivity contribution in [2.24, 2.45) is 5.92 Å². The molecule has 2 N–H and O–H groups in total. The maximum absolute atomic E-state index is 13.2. The topological polar surface area (TPSA) is 64.7 Å². The van der Waals surface area contributed by atoms with Crippen molar-refractivity contribution in [3.05, 3.63) is 118 Å². The van der Waals surface area contributed by atoms with E-state index in [-0.39, 0.29) is 23.9 Å². The Morgan fingerprint density at radius 2 is 1.00 bits per heavy atom. The second kappa shape index (κ2) is 14.9. The van der Waals surface area contributed by atoms with Crippen molar-refractivity contribution in [3.8, 4) is 0 Å². The van der Waals surface area contributed by atoms with Crippen LogP contribution in [0.2, 0.25) is 0 Å². The summed E-state index contributed by atoms with van der Waals surface area (Å²) >= 11 is 0. The van der Waals surface area contributed by atoms with Gasteiger partial charge in [-0.2, -0.15) is 0 Å². The van der Waals surface area contributed by atoms with Crippen molar-refractivity contribution >= 4 is 11.8 Å². The molecule has 0 radical (unpaired) electrons. The van der Waals surface area contributed by atoms with Crippen LogP contribution in [0.15, 0.2) is 84.4 Å². The van der Waals surface area contributed by atoms with Gasteiger partial charge in [0.15, 0.2) is 0 Å². The molecular weight excluding hydrogens is 641 g/mol. The van der Waals surface area contributed by atoms with Crippen LogP contribution in [0.4, 0.5) is 0 Å². The van der Waals surface area contributed by atoms with Crippen LogP contribution in [0.3, 0.4) is 0 Å². The predicted molar refractivity (Wildman–Crippen MR) is 207 cm³/mol. The molecule has 2 aliphatic carbocycles. The Morgan fingerprint density at radius 1 is 0.558 bits per heavy atom. The second-order valence-corrected chi connectivity index (χ2v) is 16.8. The zero-order valence-corrected chi connectivity index (χ0v) is 30.8. The molecule has 2 saturated carbocycles. The first-order valence-corrected chi connectivity index (χ1v) is 20.6. The Hall–Kier alpha value is -3.74. The number of benzene rings is 3. The van der Waals surface area contributed by atoms with Gasteiger partial charge in [0, 0.05) is 42.8 Å². The highest BCUT2D eigenvalue weighted by Gasteiger charge is 2.44. The number of rotatable bonds is 11. The van der Waals surface area contributed by atoms with Crippen molar-refractivity contribution in [2.45, 2.75) is 133 Å². The van der Waals surface area contributed by atoms with Crippen molar-refractivity contribution < 1.29 is 9.59 Å². The summed E-state index contributed by atoms with van der Waals surface area (Å²) in [5.41, 5.74) is 9.72. The van der Waals surface area contributed by atoms with Crippen LogP contribution in [0.25, 0.3) is 0 Å². The third-order valence-electron chi connectivity index (χ3n) is 13.9. The van der Waals surface area contributed by atoms with Crippen LogP contribution >= 0.6 is 0 Å². The molecule has 6 heteroatoms. The summed E-state index contributed by atoms with van der Waals surface area (Å²) in [5.74, 6) is 0.909. The van der Waals surface area contributed by atoms with E-state index >= 15 is 0 Å². The smallest absolute Gasteiger partial charge is 0.224 e. The molecule has 52 heavy (non-hydrogen) atoms. The minimum Gasteiger partial charge on any atom is -0.353 e. The predicted octanol–water partition coefficient (Wildman–Crippen LogP) is 8.61. The van der Waals surface area contributed by atoms with Gasteiger partial charge in [0.05, 0.1) is 12.8 Å². The van der Waals surface area contributed by atoms with Crippen molar-refractivity contribution in [2.75, 3.05) is 13.1 Å². The Labute approximate surface area is 310 Å². The monoisotopic (exact) mass is 696 g/mol. The van der Waals surface area contributed by atoms with Gasteiger partial charge in [-0.25, -0.2) is 0 Å². The highest BCUT2D eigenvalue weighted by atomic mass is 16.2. The number of nitrogens with zero attached hydrogens (tertiary/aromatic N) is 2. The maximum atomic E-state index is 13.2. The standard InChI is InChI=1S/C46H56N4O2/c51-45(47-35-17-13-31(14-18-35)25-27-49-41-21-22-42(49)38-10-4-3-9-37(38)41)29-33-7-1-2-8-34(33)30-46(52)48-36-19-15-32(16-20-36)26-28-50-43-23-24-44(50)40-12-6-5-11-39(40)43/h1-12,25,32,35-36,41-44H,13-24,26-30H2,(H,47,51)(H,48,52)/t32?,35?,36?,41-,42+,43-,44+. The van der Waals surface area contributed by atoms with Crippen molar-refractivity contribution in [1.29, 1.82) is 0 Å². The van der Waals surface area contributed by atoms with E-state index in [0.29, 0.717) is 37.0 Å². The number of allylic oxidation sites excluding steroid dienone is 1. The van der Waals surface area contributed by atoms with Crippen LogP contribution in [0.5, 0.6) is 0 Å². The summed E-state index contributed by atoms with van der Waals surface area (Å²) < 4.78 is 0. The molecule has 4 atom stereocenters. The van der Waals surface area contributed by atoms with Crippen LogP contribution < -0.4 is 10.6 Å². The van der Waals surface area contributed by atoms with Gasteiger partial charge in [-0.15, -0.1) is 0 Å². The molecule has 4 aliphatic heterocycles. The molecule has 2 saturated heterocycles. The summed E-state index contributed by atoms with van der Waals surface area (Å²) in [4.78, 5) is 32.0. The van der Waals surface area contributed by atoms with Gasteiger partial charge in [0.1, 0.15) is 0 Å². The zero-order valence-electron chi connectivity index (χ0n) is 30.8. The molecule has 3 aromatic carbocycles. The van der Waals surface area contributed by atoms with E-state index in [1.807, 2.05) is 24.3 Å². The van der Waals surface area contributed by atoms with E-state index in [2.05, 4.69) is 75.0 Å². The Bertz CT molecular complexity index is 1740. The SMILES string of the molecule is O=C(Cc1ccccc1CC(=O)NC1CCC(CCN2[C@@H]3CC[C@H]2c2ccccc23)CC1)NC1CCC(=CCN2[C@@H]3CC[C@H]2c2ccccc23)CC1. The molecule has 272 valence electrons. The highest BCUT2D eigenvalue weighted by Crippen LogP contribution is 2.54. The summed E-state index contributed by atoms with van der Waals surface area (Å²) in [6.45, 7) is 2.24. The Kier molecular flexibility index (Phi) is 9.79.